The van der Waals surface area contributed by atoms with Gasteiger partial charge >= 0.3 is 0 Å². The molecule has 0 radical (unpaired) electrons. The van der Waals surface area contributed by atoms with Gasteiger partial charge in [-0.05, 0) is 37.1 Å². The van der Waals surface area contributed by atoms with E-state index in [1.807, 2.05) is 35.2 Å². The molecule has 1 saturated heterocycles. The fourth-order valence-corrected chi connectivity index (χ4v) is 3.47. The van der Waals surface area contributed by atoms with E-state index < -0.39 is 0 Å². The number of piperazine rings is 1. The van der Waals surface area contributed by atoms with Gasteiger partial charge in [-0.2, -0.15) is 0 Å². The maximum atomic E-state index is 12.7. The predicted molar refractivity (Wildman–Crippen MR) is 101 cm³/mol. The van der Waals surface area contributed by atoms with Crippen molar-refractivity contribution < 1.29 is 9.53 Å². The largest absolute Gasteiger partial charge is 0.497 e. The lowest BCUT2D eigenvalue weighted by Crippen LogP contribution is -2.57. The van der Waals surface area contributed by atoms with Crippen molar-refractivity contribution in [3.8, 4) is 5.75 Å². The van der Waals surface area contributed by atoms with Crippen LogP contribution < -0.4 is 9.64 Å². The van der Waals surface area contributed by atoms with Gasteiger partial charge in [0.1, 0.15) is 5.75 Å². The summed E-state index contributed by atoms with van der Waals surface area (Å²) in [5, 5.41) is 0. The highest BCUT2D eigenvalue weighted by Gasteiger charge is 2.32. The summed E-state index contributed by atoms with van der Waals surface area (Å²) in [5.41, 5.74) is 2.23. The lowest BCUT2D eigenvalue weighted by molar-refractivity contribution is -0.122. The highest BCUT2D eigenvalue weighted by molar-refractivity contribution is 5.95. The summed E-state index contributed by atoms with van der Waals surface area (Å²) in [7, 11) is 1.65. The summed E-state index contributed by atoms with van der Waals surface area (Å²) in [5.74, 6) is 0.937. The topological polar surface area (TPSA) is 32.8 Å². The Hall–Kier alpha value is -2.33. The van der Waals surface area contributed by atoms with E-state index in [0.717, 1.165) is 30.8 Å². The van der Waals surface area contributed by atoms with Crippen LogP contribution in [0.25, 0.3) is 0 Å². The number of nitrogens with zero attached hydrogens (tertiary/aromatic N) is 2. The van der Waals surface area contributed by atoms with Crippen LogP contribution in [0.5, 0.6) is 5.75 Å². The van der Waals surface area contributed by atoms with Crippen molar-refractivity contribution in [1.29, 1.82) is 0 Å². The molecule has 1 amide bonds. The summed E-state index contributed by atoms with van der Waals surface area (Å²) in [6.45, 7) is 4.30. The Morgan fingerprint density at radius 2 is 1.92 bits per heavy atom. The number of rotatable bonds is 6. The van der Waals surface area contributed by atoms with Crippen LogP contribution in [0.4, 0.5) is 5.69 Å². The van der Waals surface area contributed by atoms with Gasteiger partial charge in [-0.15, -0.1) is 0 Å². The molecule has 0 aliphatic carbocycles. The van der Waals surface area contributed by atoms with Crippen LogP contribution in [-0.2, 0) is 11.2 Å². The van der Waals surface area contributed by atoms with Crippen LogP contribution in [0.2, 0.25) is 0 Å². The highest BCUT2D eigenvalue weighted by atomic mass is 16.5. The van der Waals surface area contributed by atoms with Gasteiger partial charge in [0.05, 0.1) is 13.7 Å². The van der Waals surface area contributed by atoms with Gasteiger partial charge in [0.15, 0.2) is 0 Å². The zero-order valence-corrected chi connectivity index (χ0v) is 15.0. The van der Waals surface area contributed by atoms with Crippen molar-refractivity contribution in [2.75, 3.05) is 31.6 Å². The van der Waals surface area contributed by atoms with E-state index in [0.29, 0.717) is 19.1 Å². The van der Waals surface area contributed by atoms with E-state index in [1.54, 1.807) is 7.11 Å². The van der Waals surface area contributed by atoms with Crippen molar-refractivity contribution in [2.45, 2.75) is 25.8 Å². The summed E-state index contributed by atoms with van der Waals surface area (Å²) in [6.07, 6.45) is 2.01. The van der Waals surface area contributed by atoms with Gasteiger partial charge < -0.3 is 9.64 Å². The maximum Gasteiger partial charge on any atom is 0.241 e. The quantitative estimate of drug-likeness (QED) is 0.810. The zero-order chi connectivity index (χ0) is 17.6. The molecule has 4 heteroatoms. The van der Waals surface area contributed by atoms with E-state index in [9.17, 15) is 4.79 Å². The second kappa shape index (κ2) is 8.17. The third-order valence-corrected chi connectivity index (χ3v) is 4.74. The van der Waals surface area contributed by atoms with Crippen molar-refractivity contribution in [3.05, 3.63) is 60.2 Å². The number of hydrogen-bond donors (Lipinski definition) is 0. The average molecular weight is 338 g/mol. The fourth-order valence-electron chi connectivity index (χ4n) is 3.47. The van der Waals surface area contributed by atoms with Crippen LogP contribution in [0.1, 0.15) is 18.9 Å². The zero-order valence-electron chi connectivity index (χ0n) is 15.0. The van der Waals surface area contributed by atoms with Gasteiger partial charge in [0, 0.05) is 24.3 Å². The summed E-state index contributed by atoms with van der Waals surface area (Å²) < 4.78 is 5.31. The van der Waals surface area contributed by atoms with Gasteiger partial charge in [-0.3, -0.25) is 9.69 Å². The number of carbonyl (C=O) groups is 1. The summed E-state index contributed by atoms with van der Waals surface area (Å²) in [4.78, 5) is 17.0. The molecule has 0 N–H and O–H groups in total. The molecule has 1 atom stereocenters. The standard InChI is InChI=1S/C21H26N2O2/c1-3-12-22-16-21(24)23(18-10-7-11-20(14-18)25-2)15-19(22)13-17-8-5-4-6-9-17/h4-11,14,19H,3,12-13,15-16H2,1-2H3/t19-/m1/s1. The smallest absolute Gasteiger partial charge is 0.241 e. The molecule has 1 heterocycles. The second-order valence-electron chi connectivity index (χ2n) is 6.52. The molecule has 0 unspecified atom stereocenters. The molecule has 0 bridgehead atoms. The van der Waals surface area contributed by atoms with Crippen LogP contribution in [0.15, 0.2) is 54.6 Å². The number of benzene rings is 2. The number of carbonyl (C=O) groups excluding carboxylic acids is 1. The van der Waals surface area contributed by atoms with E-state index in [1.165, 1.54) is 5.56 Å². The number of hydrogen-bond acceptors (Lipinski definition) is 3. The Labute approximate surface area is 150 Å². The molecular weight excluding hydrogens is 312 g/mol. The number of methoxy groups -OCH3 is 1. The molecule has 1 aliphatic heterocycles. The first-order valence-electron chi connectivity index (χ1n) is 8.93. The van der Waals surface area contributed by atoms with Crippen molar-refractivity contribution in [1.82, 2.24) is 4.90 Å². The number of anilines is 1. The molecule has 2 aromatic carbocycles. The van der Waals surface area contributed by atoms with Crippen molar-refractivity contribution >= 4 is 11.6 Å². The van der Waals surface area contributed by atoms with E-state index >= 15 is 0 Å². The molecule has 1 aliphatic rings. The van der Waals surface area contributed by atoms with Crippen molar-refractivity contribution in [2.24, 2.45) is 0 Å². The molecular formula is C21H26N2O2. The van der Waals surface area contributed by atoms with Crippen molar-refractivity contribution in [3.63, 3.8) is 0 Å². The Balaban J connectivity index is 1.82. The molecule has 1 fully saturated rings. The average Bonchev–Trinajstić information content (AvgIpc) is 2.65. The number of amides is 1. The first-order chi connectivity index (χ1) is 12.2. The molecule has 4 nitrogen and oxygen atoms in total. The lowest BCUT2D eigenvalue weighted by atomic mass is 10.0. The van der Waals surface area contributed by atoms with Crippen LogP contribution in [-0.4, -0.2) is 43.6 Å². The Morgan fingerprint density at radius 1 is 1.12 bits per heavy atom. The minimum atomic E-state index is 0.158. The lowest BCUT2D eigenvalue weighted by Gasteiger charge is -2.41. The monoisotopic (exact) mass is 338 g/mol. The minimum Gasteiger partial charge on any atom is -0.497 e. The molecule has 0 aromatic heterocycles. The molecule has 0 spiro atoms. The van der Waals surface area contributed by atoms with Gasteiger partial charge in [0.2, 0.25) is 5.91 Å². The van der Waals surface area contributed by atoms with E-state index in [4.69, 9.17) is 4.74 Å². The third-order valence-electron chi connectivity index (χ3n) is 4.74. The van der Waals surface area contributed by atoms with E-state index in [-0.39, 0.29) is 5.91 Å². The highest BCUT2D eigenvalue weighted by Crippen LogP contribution is 2.25. The third kappa shape index (κ3) is 4.20. The first kappa shape index (κ1) is 17.5. The molecule has 132 valence electrons. The molecule has 25 heavy (non-hydrogen) atoms. The SMILES string of the molecule is CCCN1CC(=O)N(c2cccc(OC)c2)C[C@H]1Cc1ccccc1. The molecule has 0 saturated carbocycles. The molecule has 3 rings (SSSR count). The van der Waals surface area contributed by atoms with Gasteiger partial charge in [-0.1, -0.05) is 43.3 Å². The van der Waals surface area contributed by atoms with Crippen LogP contribution in [0.3, 0.4) is 0 Å². The Kier molecular flexibility index (Phi) is 5.71. The van der Waals surface area contributed by atoms with E-state index in [2.05, 4.69) is 36.1 Å². The first-order valence-corrected chi connectivity index (χ1v) is 8.93. The minimum absolute atomic E-state index is 0.158. The maximum absolute atomic E-state index is 12.7. The van der Waals surface area contributed by atoms with Crippen LogP contribution >= 0.6 is 0 Å². The Morgan fingerprint density at radius 3 is 2.64 bits per heavy atom. The summed E-state index contributed by atoms with van der Waals surface area (Å²) in [6, 6.07) is 18.6. The normalized spacial score (nSPS) is 18.4. The van der Waals surface area contributed by atoms with Gasteiger partial charge in [-0.25, -0.2) is 0 Å². The second-order valence-corrected chi connectivity index (χ2v) is 6.52. The predicted octanol–water partition coefficient (Wildman–Crippen LogP) is 3.37. The Bertz CT molecular complexity index is 702. The molecule has 2 aromatic rings. The number of ether oxygens (including phenoxy) is 1. The summed E-state index contributed by atoms with van der Waals surface area (Å²) >= 11 is 0. The van der Waals surface area contributed by atoms with Crippen LogP contribution in [0, 0.1) is 0 Å². The fraction of sp³-hybridized carbons (Fsp3) is 0.381. The van der Waals surface area contributed by atoms with Gasteiger partial charge in [0.25, 0.3) is 0 Å².